The van der Waals surface area contributed by atoms with Crippen LogP contribution in [0.2, 0.25) is 0 Å². The van der Waals surface area contributed by atoms with E-state index in [4.69, 9.17) is 5.73 Å². The lowest BCUT2D eigenvalue weighted by Crippen LogP contribution is -2.50. The quantitative estimate of drug-likeness (QED) is 0.844. The first-order chi connectivity index (χ1) is 12.8. The Balaban J connectivity index is 1.53. The van der Waals surface area contributed by atoms with Crippen LogP contribution in [-0.2, 0) is 17.5 Å². The molecule has 2 atom stereocenters. The third kappa shape index (κ3) is 3.86. The number of amides is 1. The number of rotatable bonds is 4. The van der Waals surface area contributed by atoms with E-state index in [1.807, 2.05) is 0 Å². The van der Waals surface area contributed by atoms with Crippen LogP contribution in [-0.4, -0.2) is 22.9 Å². The van der Waals surface area contributed by atoms with Gasteiger partial charge >= 0.3 is 6.18 Å². The SMILES string of the molecule is NC1C2CCCC1CC(C(=O)N(Cc1ccccc1C(F)(F)F)C1CC1)C2. The molecule has 0 saturated heterocycles. The van der Waals surface area contributed by atoms with Crippen molar-refractivity contribution >= 4 is 5.91 Å². The smallest absolute Gasteiger partial charge is 0.335 e. The number of hydrogen-bond acceptors (Lipinski definition) is 2. The summed E-state index contributed by atoms with van der Waals surface area (Å²) in [5.41, 5.74) is 5.90. The molecule has 3 saturated carbocycles. The molecule has 3 fully saturated rings. The highest BCUT2D eigenvalue weighted by Gasteiger charge is 2.44. The van der Waals surface area contributed by atoms with Gasteiger partial charge in [-0.2, -0.15) is 13.2 Å². The number of fused-ring (bicyclic) bond motifs is 2. The Bertz CT molecular complexity index is 687. The topological polar surface area (TPSA) is 46.3 Å². The van der Waals surface area contributed by atoms with E-state index in [9.17, 15) is 18.0 Å². The minimum absolute atomic E-state index is 0.0401. The average Bonchev–Trinajstić information content (AvgIpc) is 3.43. The van der Waals surface area contributed by atoms with Crippen molar-refractivity contribution in [2.45, 2.75) is 69.8 Å². The summed E-state index contributed by atoms with van der Waals surface area (Å²) in [6.45, 7) is 0.0526. The Hall–Kier alpha value is -1.56. The second-order valence-corrected chi connectivity index (χ2v) is 8.55. The van der Waals surface area contributed by atoms with Crippen molar-refractivity contribution in [2.75, 3.05) is 0 Å². The Labute approximate surface area is 158 Å². The number of hydrogen-bond donors (Lipinski definition) is 1. The third-order valence-corrected chi connectivity index (χ3v) is 6.70. The van der Waals surface area contributed by atoms with Crippen LogP contribution in [0.5, 0.6) is 0 Å². The van der Waals surface area contributed by atoms with Gasteiger partial charge in [-0.15, -0.1) is 0 Å². The molecule has 27 heavy (non-hydrogen) atoms. The number of halogens is 3. The van der Waals surface area contributed by atoms with Crippen LogP contribution in [0.3, 0.4) is 0 Å². The third-order valence-electron chi connectivity index (χ3n) is 6.70. The lowest BCUT2D eigenvalue weighted by Gasteiger charge is -2.44. The van der Waals surface area contributed by atoms with Crippen LogP contribution < -0.4 is 5.73 Å². The second-order valence-electron chi connectivity index (χ2n) is 8.55. The fourth-order valence-corrected chi connectivity index (χ4v) is 5.12. The minimum Gasteiger partial charge on any atom is -0.335 e. The molecule has 1 amide bonds. The molecule has 2 bridgehead atoms. The maximum absolute atomic E-state index is 13.4. The Kier molecular flexibility index (Phi) is 4.95. The summed E-state index contributed by atoms with van der Waals surface area (Å²) in [5, 5.41) is 0. The molecule has 1 aromatic carbocycles. The Morgan fingerprint density at radius 3 is 2.30 bits per heavy atom. The molecule has 6 heteroatoms. The lowest BCUT2D eigenvalue weighted by atomic mass is 9.65. The van der Waals surface area contributed by atoms with E-state index in [0.29, 0.717) is 11.8 Å². The maximum atomic E-state index is 13.4. The van der Waals surface area contributed by atoms with Crippen molar-refractivity contribution in [2.24, 2.45) is 23.5 Å². The average molecular weight is 380 g/mol. The molecule has 0 spiro atoms. The molecule has 0 aliphatic heterocycles. The zero-order valence-electron chi connectivity index (χ0n) is 15.4. The predicted octanol–water partition coefficient (Wildman–Crippen LogP) is 4.35. The van der Waals surface area contributed by atoms with Crippen molar-refractivity contribution in [1.29, 1.82) is 0 Å². The number of alkyl halides is 3. The van der Waals surface area contributed by atoms with Gasteiger partial charge in [0.15, 0.2) is 0 Å². The van der Waals surface area contributed by atoms with Gasteiger partial charge in [-0.25, -0.2) is 0 Å². The molecule has 2 unspecified atom stereocenters. The molecule has 3 aliphatic rings. The molecule has 4 rings (SSSR count). The van der Waals surface area contributed by atoms with Crippen molar-refractivity contribution in [3.8, 4) is 0 Å². The summed E-state index contributed by atoms with van der Waals surface area (Å²) in [7, 11) is 0. The molecule has 3 nitrogen and oxygen atoms in total. The van der Waals surface area contributed by atoms with Gasteiger partial charge in [0, 0.05) is 24.5 Å². The van der Waals surface area contributed by atoms with Gasteiger partial charge in [0.25, 0.3) is 0 Å². The van der Waals surface area contributed by atoms with Gasteiger partial charge < -0.3 is 10.6 Å². The number of carbonyl (C=O) groups is 1. The van der Waals surface area contributed by atoms with Gasteiger partial charge in [-0.05, 0) is 62.0 Å². The van der Waals surface area contributed by atoms with Crippen LogP contribution >= 0.6 is 0 Å². The van der Waals surface area contributed by atoms with E-state index in [-0.39, 0.29) is 36.0 Å². The van der Waals surface area contributed by atoms with Crippen molar-refractivity contribution in [1.82, 2.24) is 4.90 Å². The summed E-state index contributed by atoms with van der Waals surface area (Å²) in [5.74, 6) is 0.724. The molecular weight excluding hydrogens is 353 g/mol. The standard InChI is InChI=1S/C21H27F3N2O/c22-21(23,24)18-7-2-1-4-15(18)12-26(17-8-9-17)20(27)16-10-13-5-3-6-14(11-16)19(13)25/h1-2,4,7,13-14,16-17,19H,3,5-6,8-12,25H2. The fourth-order valence-electron chi connectivity index (χ4n) is 5.12. The first-order valence-corrected chi connectivity index (χ1v) is 10.1. The first-order valence-electron chi connectivity index (χ1n) is 10.1. The van der Waals surface area contributed by atoms with E-state index in [1.54, 1.807) is 11.0 Å². The number of nitrogens with zero attached hydrogens (tertiary/aromatic N) is 1. The van der Waals surface area contributed by atoms with Crippen molar-refractivity contribution < 1.29 is 18.0 Å². The summed E-state index contributed by atoms with van der Waals surface area (Å²) in [6.07, 6.45) is 2.28. The molecule has 0 radical (unpaired) electrons. The maximum Gasteiger partial charge on any atom is 0.416 e. The Morgan fingerprint density at radius 2 is 1.70 bits per heavy atom. The number of benzene rings is 1. The molecule has 0 heterocycles. The highest BCUT2D eigenvalue weighted by atomic mass is 19.4. The van der Waals surface area contributed by atoms with E-state index >= 15 is 0 Å². The molecular formula is C21H27F3N2O. The van der Waals surface area contributed by atoms with E-state index in [2.05, 4.69) is 0 Å². The van der Waals surface area contributed by atoms with Gasteiger partial charge in [0.1, 0.15) is 0 Å². The molecule has 3 aliphatic carbocycles. The summed E-state index contributed by atoms with van der Waals surface area (Å²) in [6, 6.07) is 5.90. The molecule has 2 N–H and O–H groups in total. The fraction of sp³-hybridized carbons (Fsp3) is 0.667. The van der Waals surface area contributed by atoms with E-state index in [1.165, 1.54) is 18.6 Å². The second kappa shape index (κ2) is 7.12. The normalized spacial score (nSPS) is 30.8. The van der Waals surface area contributed by atoms with Crippen molar-refractivity contribution in [3.63, 3.8) is 0 Å². The van der Waals surface area contributed by atoms with Crippen LogP contribution in [0.1, 0.15) is 56.1 Å². The van der Waals surface area contributed by atoms with E-state index < -0.39 is 11.7 Å². The summed E-state index contributed by atoms with van der Waals surface area (Å²) >= 11 is 0. The first kappa shape index (κ1) is 18.8. The summed E-state index contributed by atoms with van der Waals surface area (Å²) < 4.78 is 40.1. The van der Waals surface area contributed by atoms with Crippen LogP contribution in [0.4, 0.5) is 13.2 Å². The van der Waals surface area contributed by atoms with Gasteiger partial charge in [-0.3, -0.25) is 4.79 Å². The van der Waals surface area contributed by atoms with Crippen LogP contribution in [0.25, 0.3) is 0 Å². The van der Waals surface area contributed by atoms with E-state index in [0.717, 1.165) is 44.6 Å². The van der Waals surface area contributed by atoms with Crippen molar-refractivity contribution in [3.05, 3.63) is 35.4 Å². The largest absolute Gasteiger partial charge is 0.416 e. The highest BCUT2D eigenvalue weighted by Crippen LogP contribution is 2.44. The lowest BCUT2D eigenvalue weighted by molar-refractivity contribution is -0.143. The van der Waals surface area contributed by atoms with Gasteiger partial charge in [-0.1, -0.05) is 24.6 Å². The van der Waals surface area contributed by atoms with Crippen LogP contribution in [0, 0.1) is 17.8 Å². The Morgan fingerprint density at radius 1 is 1.07 bits per heavy atom. The predicted molar refractivity (Wildman–Crippen MR) is 96.5 cm³/mol. The zero-order valence-corrected chi connectivity index (χ0v) is 15.4. The number of carbonyl (C=O) groups excluding carboxylic acids is 1. The van der Waals surface area contributed by atoms with Gasteiger partial charge in [0.05, 0.1) is 5.56 Å². The zero-order chi connectivity index (χ0) is 19.2. The molecule has 1 aromatic rings. The molecule has 148 valence electrons. The molecule has 0 aromatic heterocycles. The minimum atomic E-state index is -4.40. The van der Waals surface area contributed by atoms with Gasteiger partial charge in [0.2, 0.25) is 5.91 Å². The van der Waals surface area contributed by atoms with Crippen LogP contribution in [0.15, 0.2) is 24.3 Å². The highest BCUT2D eigenvalue weighted by molar-refractivity contribution is 5.79. The number of nitrogens with two attached hydrogens (primary N) is 1. The monoisotopic (exact) mass is 380 g/mol. The summed E-state index contributed by atoms with van der Waals surface area (Å²) in [4.78, 5) is 15.0.